The van der Waals surface area contributed by atoms with Crippen LogP contribution >= 0.6 is 0 Å². The van der Waals surface area contributed by atoms with Crippen LogP contribution in [0.2, 0.25) is 0 Å². The predicted molar refractivity (Wildman–Crippen MR) is 60.0 cm³/mol. The normalized spacial score (nSPS) is 19.3. The van der Waals surface area contributed by atoms with Crippen molar-refractivity contribution in [3.8, 4) is 0 Å². The average molecular weight is 256 g/mol. The molecule has 1 aromatic rings. The number of rotatable bonds is 3. The molecule has 1 aliphatic rings. The molecule has 2 heterocycles. The van der Waals surface area contributed by atoms with Crippen LogP contribution in [0.25, 0.3) is 0 Å². The van der Waals surface area contributed by atoms with Gasteiger partial charge in [0.1, 0.15) is 5.69 Å². The Morgan fingerprint density at radius 1 is 1.47 bits per heavy atom. The third-order valence-electron chi connectivity index (χ3n) is 2.61. The quantitative estimate of drug-likeness (QED) is 0.841. The maximum atomic E-state index is 11.6. The highest BCUT2D eigenvalue weighted by atomic mass is 32.2. The zero-order valence-electron chi connectivity index (χ0n) is 9.04. The fourth-order valence-electron chi connectivity index (χ4n) is 1.72. The van der Waals surface area contributed by atoms with Gasteiger partial charge in [-0.05, 0) is 18.1 Å². The largest absolute Gasteiger partial charge is 0.477 e. The van der Waals surface area contributed by atoms with Gasteiger partial charge in [0.15, 0.2) is 0 Å². The first-order valence-electron chi connectivity index (χ1n) is 5.15. The maximum absolute atomic E-state index is 11.6. The van der Waals surface area contributed by atoms with Crippen molar-refractivity contribution in [2.75, 3.05) is 12.3 Å². The van der Waals surface area contributed by atoms with Gasteiger partial charge in [-0.3, -0.25) is 0 Å². The van der Waals surface area contributed by atoms with E-state index in [2.05, 4.69) is 4.98 Å². The van der Waals surface area contributed by atoms with Gasteiger partial charge in [0, 0.05) is 19.3 Å². The van der Waals surface area contributed by atoms with Crippen molar-refractivity contribution in [1.29, 1.82) is 0 Å². The van der Waals surface area contributed by atoms with Crippen LogP contribution in [0.1, 0.15) is 22.5 Å². The van der Waals surface area contributed by atoms with Gasteiger partial charge in [0.25, 0.3) is 0 Å². The summed E-state index contributed by atoms with van der Waals surface area (Å²) in [7, 11) is -3.12. The molecule has 2 rings (SSSR count). The Kier molecular flexibility index (Phi) is 3.12. The van der Waals surface area contributed by atoms with E-state index in [1.807, 2.05) is 0 Å². The van der Waals surface area contributed by atoms with Gasteiger partial charge in [-0.1, -0.05) is 6.07 Å². The molecule has 1 fully saturated rings. The van der Waals surface area contributed by atoms with Crippen molar-refractivity contribution in [2.45, 2.75) is 13.0 Å². The Hall–Kier alpha value is -1.47. The fourth-order valence-corrected chi connectivity index (χ4v) is 3.22. The molecule has 1 saturated heterocycles. The minimum Gasteiger partial charge on any atom is -0.477 e. The second-order valence-electron chi connectivity index (χ2n) is 3.86. The van der Waals surface area contributed by atoms with E-state index in [9.17, 15) is 13.2 Å². The zero-order valence-corrected chi connectivity index (χ0v) is 9.85. The third kappa shape index (κ3) is 2.62. The van der Waals surface area contributed by atoms with Gasteiger partial charge in [0.2, 0.25) is 10.0 Å². The van der Waals surface area contributed by atoms with Gasteiger partial charge in [0.05, 0.1) is 5.75 Å². The van der Waals surface area contributed by atoms with Crippen LogP contribution in [-0.4, -0.2) is 41.1 Å². The molecule has 1 aliphatic heterocycles. The third-order valence-corrected chi connectivity index (χ3v) is 4.51. The summed E-state index contributed by atoms with van der Waals surface area (Å²) in [6.45, 7) is 0.776. The summed E-state index contributed by atoms with van der Waals surface area (Å²) in [4.78, 5) is 14.3. The Morgan fingerprint density at radius 2 is 2.24 bits per heavy atom. The van der Waals surface area contributed by atoms with Crippen molar-refractivity contribution in [3.05, 3.63) is 29.6 Å². The summed E-state index contributed by atoms with van der Waals surface area (Å²) in [5.74, 6) is -0.904. The van der Waals surface area contributed by atoms with E-state index in [-0.39, 0.29) is 18.0 Å². The van der Waals surface area contributed by atoms with E-state index in [1.165, 1.54) is 16.6 Å². The first-order valence-corrected chi connectivity index (χ1v) is 6.76. The first-order chi connectivity index (χ1) is 7.99. The molecule has 0 atom stereocenters. The molecule has 0 spiro atoms. The van der Waals surface area contributed by atoms with Crippen LogP contribution in [0.5, 0.6) is 0 Å². The molecule has 0 aromatic carbocycles. The van der Waals surface area contributed by atoms with Gasteiger partial charge in [-0.2, -0.15) is 4.31 Å². The first kappa shape index (κ1) is 12.0. The monoisotopic (exact) mass is 256 g/mol. The average Bonchev–Trinajstić information content (AvgIpc) is 2.59. The van der Waals surface area contributed by atoms with E-state index in [1.54, 1.807) is 6.07 Å². The minimum absolute atomic E-state index is 0.0435. The van der Waals surface area contributed by atoms with Crippen molar-refractivity contribution < 1.29 is 18.3 Å². The molecule has 0 aliphatic carbocycles. The zero-order chi connectivity index (χ0) is 12.5. The molecule has 0 amide bonds. The molecule has 1 aromatic heterocycles. The van der Waals surface area contributed by atoms with Crippen LogP contribution in [0, 0.1) is 0 Å². The summed E-state index contributed by atoms with van der Waals surface area (Å²) in [5.41, 5.74) is 0.651. The molecular formula is C10H12N2O4S. The molecule has 0 unspecified atom stereocenters. The number of aromatic nitrogens is 1. The molecule has 7 heteroatoms. The molecule has 0 radical (unpaired) electrons. The minimum atomic E-state index is -3.12. The second kappa shape index (κ2) is 4.42. The summed E-state index contributed by atoms with van der Waals surface area (Å²) < 4.78 is 24.5. The topological polar surface area (TPSA) is 87.6 Å². The predicted octanol–water partition coefficient (Wildman–Crippen LogP) is 0.315. The summed E-state index contributed by atoms with van der Waals surface area (Å²) in [6, 6.07) is 2.96. The number of aromatic carboxylic acids is 1. The molecule has 1 N–H and O–H groups in total. The highest BCUT2D eigenvalue weighted by molar-refractivity contribution is 7.89. The van der Waals surface area contributed by atoms with Crippen LogP contribution < -0.4 is 0 Å². The van der Waals surface area contributed by atoms with E-state index in [0.29, 0.717) is 18.5 Å². The maximum Gasteiger partial charge on any atom is 0.354 e. The number of pyridine rings is 1. The van der Waals surface area contributed by atoms with Crippen molar-refractivity contribution in [3.63, 3.8) is 0 Å². The van der Waals surface area contributed by atoms with Gasteiger partial charge in [-0.25, -0.2) is 18.2 Å². The molecule has 0 bridgehead atoms. The van der Waals surface area contributed by atoms with Crippen molar-refractivity contribution in [1.82, 2.24) is 9.29 Å². The fraction of sp³-hybridized carbons (Fsp3) is 0.400. The van der Waals surface area contributed by atoms with Crippen molar-refractivity contribution >= 4 is 16.0 Å². The highest BCUT2D eigenvalue weighted by Gasteiger charge is 2.27. The smallest absolute Gasteiger partial charge is 0.354 e. The van der Waals surface area contributed by atoms with Crippen LogP contribution in [0.3, 0.4) is 0 Å². The molecule has 6 nitrogen and oxygen atoms in total. The van der Waals surface area contributed by atoms with Crippen LogP contribution in [0.4, 0.5) is 0 Å². The number of hydrogen-bond acceptors (Lipinski definition) is 4. The van der Waals surface area contributed by atoms with Gasteiger partial charge < -0.3 is 5.11 Å². The Bertz CT molecular complexity index is 524. The molecule has 92 valence electrons. The van der Waals surface area contributed by atoms with Gasteiger partial charge in [-0.15, -0.1) is 0 Å². The van der Waals surface area contributed by atoms with E-state index in [4.69, 9.17) is 5.11 Å². The Labute approximate surface area is 98.9 Å². The lowest BCUT2D eigenvalue weighted by molar-refractivity contribution is 0.0690. The number of sulfonamides is 1. The van der Waals surface area contributed by atoms with Gasteiger partial charge >= 0.3 is 5.97 Å². The molecular weight excluding hydrogens is 244 g/mol. The van der Waals surface area contributed by atoms with Crippen LogP contribution in [0.15, 0.2) is 18.3 Å². The lowest BCUT2D eigenvalue weighted by Gasteiger charge is -2.13. The number of hydrogen-bond donors (Lipinski definition) is 1. The highest BCUT2D eigenvalue weighted by Crippen LogP contribution is 2.16. The lowest BCUT2D eigenvalue weighted by Crippen LogP contribution is -2.25. The summed E-state index contributed by atoms with van der Waals surface area (Å²) in [5, 5.41) is 8.67. The standard InChI is InChI=1S/C10H12N2O4S/c13-10(14)9-3-2-8(6-11-9)7-12-4-1-5-17(12,15)16/h2-3,6H,1,4-5,7H2,(H,13,14). The summed E-state index contributed by atoms with van der Waals surface area (Å²) >= 11 is 0. The number of nitrogens with zero attached hydrogens (tertiary/aromatic N) is 2. The second-order valence-corrected chi connectivity index (χ2v) is 5.95. The van der Waals surface area contributed by atoms with E-state index in [0.717, 1.165) is 0 Å². The molecule has 0 saturated carbocycles. The van der Waals surface area contributed by atoms with Crippen LogP contribution in [-0.2, 0) is 16.6 Å². The number of carboxylic acid groups (broad SMARTS) is 1. The molecule has 17 heavy (non-hydrogen) atoms. The number of carboxylic acids is 1. The van der Waals surface area contributed by atoms with E-state index >= 15 is 0 Å². The van der Waals surface area contributed by atoms with E-state index < -0.39 is 16.0 Å². The lowest BCUT2D eigenvalue weighted by atomic mass is 10.2. The Balaban J connectivity index is 2.12. The van der Waals surface area contributed by atoms with Crippen molar-refractivity contribution in [2.24, 2.45) is 0 Å². The SMILES string of the molecule is O=C(O)c1ccc(CN2CCCS2(=O)=O)cn1. The summed E-state index contributed by atoms with van der Waals surface area (Å²) in [6.07, 6.45) is 2.04. The Morgan fingerprint density at radius 3 is 2.71 bits per heavy atom. The number of carbonyl (C=O) groups is 1.